The van der Waals surface area contributed by atoms with Crippen LogP contribution < -0.4 is 5.32 Å². The van der Waals surface area contributed by atoms with Gasteiger partial charge < -0.3 is 5.32 Å². The third kappa shape index (κ3) is 3.98. The molecule has 0 aromatic heterocycles. The predicted molar refractivity (Wildman–Crippen MR) is 45.5 cm³/mol. The second kappa shape index (κ2) is 4.31. The monoisotopic (exact) mass is 195 g/mol. The van der Waals surface area contributed by atoms with E-state index < -0.39 is 12.6 Å². The zero-order valence-corrected chi connectivity index (χ0v) is 7.82. The zero-order chi connectivity index (χ0) is 9.90. The molecule has 78 valence electrons. The van der Waals surface area contributed by atoms with Crippen molar-refractivity contribution in [1.82, 2.24) is 5.32 Å². The first kappa shape index (κ1) is 10.8. The number of hydrogen-bond donors (Lipinski definition) is 1. The zero-order valence-electron chi connectivity index (χ0n) is 7.82. The Morgan fingerprint density at radius 2 is 2.00 bits per heavy atom. The molecule has 1 rings (SSSR count). The minimum absolute atomic E-state index is 0.0567. The summed E-state index contributed by atoms with van der Waals surface area (Å²) in [5.74, 6) is 0.605. The minimum Gasteiger partial charge on any atom is -0.314 e. The van der Waals surface area contributed by atoms with Crippen molar-refractivity contribution in [3.8, 4) is 0 Å². The van der Waals surface area contributed by atoms with Crippen LogP contribution in [0.4, 0.5) is 13.2 Å². The van der Waals surface area contributed by atoms with Crippen molar-refractivity contribution in [2.24, 2.45) is 5.92 Å². The Labute approximate surface area is 76.7 Å². The molecule has 0 bridgehead atoms. The van der Waals surface area contributed by atoms with Crippen molar-refractivity contribution in [3.05, 3.63) is 0 Å². The Morgan fingerprint density at radius 1 is 1.38 bits per heavy atom. The van der Waals surface area contributed by atoms with Gasteiger partial charge in [-0.2, -0.15) is 13.2 Å². The lowest BCUT2D eigenvalue weighted by atomic mass is 9.80. The van der Waals surface area contributed by atoms with Crippen molar-refractivity contribution < 1.29 is 13.2 Å². The predicted octanol–water partition coefficient (Wildman–Crippen LogP) is 2.72. The Kier molecular flexibility index (Phi) is 3.59. The Bertz CT molecular complexity index is 151. The molecule has 1 nitrogen and oxygen atoms in total. The van der Waals surface area contributed by atoms with Gasteiger partial charge in [-0.05, 0) is 25.7 Å². The number of halogens is 3. The van der Waals surface area contributed by atoms with E-state index in [0.717, 1.165) is 0 Å². The summed E-state index contributed by atoms with van der Waals surface area (Å²) >= 11 is 0. The molecule has 1 N–H and O–H groups in total. The van der Waals surface area contributed by atoms with E-state index in [-0.39, 0.29) is 12.6 Å². The highest BCUT2D eigenvalue weighted by molar-refractivity contribution is 4.79. The number of hydrogen-bond acceptors (Lipinski definition) is 1. The molecule has 0 heterocycles. The number of nitrogens with one attached hydrogen (secondary N) is 1. The normalized spacial score (nSPS) is 21.2. The molecule has 1 saturated carbocycles. The highest BCUT2D eigenvalue weighted by atomic mass is 19.4. The Hall–Kier alpha value is -0.250. The van der Waals surface area contributed by atoms with Crippen LogP contribution in [-0.4, -0.2) is 18.8 Å². The average molecular weight is 195 g/mol. The topological polar surface area (TPSA) is 12.0 Å². The summed E-state index contributed by atoms with van der Waals surface area (Å²) in [7, 11) is 0. The van der Waals surface area contributed by atoms with Crippen LogP contribution in [0.1, 0.15) is 32.6 Å². The van der Waals surface area contributed by atoms with Crippen LogP contribution in [-0.2, 0) is 0 Å². The quantitative estimate of drug-likeness (QED) is 0.727. The summed E-state index contributed by atoms with van der Waals surface area (Å²) in [4.78, 5) is 0. The molecule has 0 amide bonds. The van der Waals surface area contributed by atoms with E-state index in [1.165, 1.54) is 19.3 Å². The van der Waals surface area contributed by atoms with Crippen LogP contribution in [0.2, 0.25) is 0 Å². The molecule has 1 aliphatic carbocycles. The Morgan fingerprint density at radius 3 is 2.38 bits per heavy atom. The van der Waals surface area contributed by atoms with E-state index >= 15 is 0 Å². The molecule has 0 aliphatic heterocycles. The third-order valence-electron chi connectivity index (χ3n) is 2.73. The lowest BCUT2D eigenvalue weighted by Gasteiger charge is -2.32. The molecule has 0 radical (unpaired) electrons. The molecule has 0 spiro atoms. The second-order valence-electron chi connectivity index (χ2n) is 3.80. The maximum atomic E-state index is 11.8. The molecule has 0 aromatic carbocycles. The number of rotatable bonds is 4. The average Bonchev–Trinajstić information content (AvgIpc) is 1.79. The lowest BCUT2D eigenvalue weighted by Crippen LogP contribution is -2.38. The van der Waals surface area contributed by atoms with E-state index in [4.69, 9.17) is 0 Å². The summed E-state index contributed by atoms with van der Waals surface area (Å²) in [6.45, 7) is 2.03. The summed E-state index contributed by atoms with van der Waals surface area (Å²) in [6, 6.07) is 0.246. The van der Waals surface area contributed by atoms with Crippen LogP contribution in [0.15, 0.2) is 0 Å². The first-order valence-corrected chi connectivity index (χ1v) is 4.79. The van der Waals surface area contributed by atoms with Gasteiger partial charge in [-0.15, -0.1) is 0 Å². The fourth-order valence-electron chi connectivity index (χ4n) is 1.55. The van der Waals surface area contributed by atoms with Crippen LogP contribution >= 0.6 is 0 Å². The molecule has 13 heavy (non-hydrogen) atoms. The molecule has 0 saturated heterocycles. The van der Waals surface area contributed by atoms with Gasteiger partial charge in [0.25, 0.3) is 0 Å². The van der Waals surface area contributed by atoms with Crippen molar-refractivity contribution in [2.75, 3.05) is 6.54 Å². The molecular formula is C9H16F3N. The van der Waals surface area contributed by atoms with Crippen molar-refractivity contribution in [3.63, 3.8) is 0 Å². The van der Waals surface area contributed by atoms with Gasteiger partial charge in [0.1, 0.15) is 0 Å². The smallest absolute Gasteiger partial charge is 0.314 e. The van der Waals surface area contributed by atoms with Gasteiger partial charge in [0, 0.05) is 12.6 Å². The van der Waals surface area contributed by atoms with Crippen LogP contribution in [0.5, 0.6) is 0 Å². The second-order valence-corrected chi connectivity index (χ2v) is 3.80. The lowest BCUT2D eigenvalue weighted by molar-refractivity contribution is -0.133. The van der Waals surface area contributed by atoms with E-state index in [0.29, 0.717) is 5.92 Å². The fourth-order valence-corrected chi connectivity index (χ4v) is 1.55. The molecule has 1 aliphatic rings. The fraction of sp³-hybridized carbons (Fsp3) is 1.00. The SMILES string of the molecule is CC(NCCC(F)(F)F)C1CCC1. The molecule has 4 heteroatoms. The molecule has 1 fully saturated rings. The van der Waals surface area contributed by atoms with Gasteiger partial charge in [-0.3, -0.25) is 0 Å². The summed E-state index contributed by atoms with van der Waals surface area (Å²) in [5.41, 5.74) is 0. The summed E-state index contributed by atoms with van der Waals surface area (Å²) in [5, 5.41) is 2.92. The standard InChI is InChI=1S/C9H16F3N/c1-7(8-3-2-4-8)13-6-5-9(10,11)12/h7-8,13H,2-6H2,1H3. The maximum Gasteiger partial charge on any atom is 0.390 e. The minimum atomic E-state index is -4.02. The molecule has 1 unspecified atom stereocenters. The highest BCUT2D eigenvalue weighted by Gasteiger charge is 2.28. The first-order valence-electron chi connectivity index (χ1n) is 4.79. The van der Waals surface area contributed by atoms with Gasteiger partial charge in [0.15, 0.2) is 0 Å². The van der Waals surface area contributed by atoms with E-state index in [9.17, 15) is 13.2 Å². The van der Waals surface area contributed by atoms with Crippen LogP contribution in [0.3, 0.4) is 0 Å². The van der Waals surface area contributed by atoms with Crippen LogP contribution in [0, 0.1) is 5.92 Å². The van der Waals surface area contributed by atoms with E-state index in [2.05, 4.69) is 5.32 Å². The Balaban J connectivity index is 2.04. The number of alkyl halides is 3. The van der Waals surface area contributed by atoms with Gasteiger partial charge in [-0.1, -0.05) is 6.42 Å². The van der Waals surface area contributed by atoms with Crippen LogP contribution in [0.25, 0.3) is 0 Å². The van der Waals surface area contributed by atoms with Crippen molar-refractivity contribution in [2.45, 2.75) is 44.8 Å². The summed E-state index contributed by atoms with van der Waals surface area (Å²) < 4.78 is 35.3. The van der Waals surface area contributed by atoms with E-state index in [1.807, 2.05) is 6.92 Å². The highest BCUT2D eigenvalue weighted by Crippen LogP contribution is 2.29. The largest absolute Gasteiger partial charge is 0.390 e. The summed E-state index contributed by atoms with van der Waals surface area (Å²) in [6.07, 6.45) is -1.17. The van der Waals surface area contributed by atoms with E-state index in [1.54, 1.807) is 0 Å². The van der Waals surface area contributed by atoms with Gasteiger partial charge >= 0.3 is 6.18 Å². The van der Waals surface area contributed by atoms with Gasteiger partial charge in [0.2, 0.25) is 0 Å². The third-order valence-corrected chi connectivity index (χ3v) is 2.73. The first-order chi connectivity index (χ1) is 5.99. The van der Waals surface area contributed by atoms with Gasteiger partial charge in [0.05, 0.1) is 6.42 Å². The molecule has 1 atom stereocenters. The molecule has 0 aromatic rings. The van der Waals surface area contributed by atoms with Gasteiger partial charge in [-0.25, -0.2) is 0 Å². The maximum absolute atomic E-state index is 11.8. The van der Waals surface area contributed by atoms with Crippen molar-refractivity contribution >= 4 is 0 Å². The van der Waals surface area contributed by atoms with Crippen molar-refractivity contribution in [1.29, 1.82) is 0 Å². The molecular weight excluding hydrogens is 179 g/mol.